The first-order chi connectivity index (χ1) is 16.7. The maximum atomic E-state index is 2.45. The molecule has 2 nitrogen and oxygen atoms in total. The number of hydrogen-bond donors (Lipinski definition) is 0. The van der Waals surface area contributed by atoms with Crippen LogP contribution in [0.5, 0.6) is 0 Å². The van der Waals surface area contributed by atoms with E-state index in [2.05, 4.69) is 125 Å². The number of nitrogens with zero attached hydrogens (tertiary/aromatic N) is 2. The predicted molar refractivity (Wildman–Crippen MR) is 144 cm³/mol. The molecular formula is C31H23N2Se+. The van der Waals surface area contributed by atoms with Crippen LogP contribution in [0.15, 0.2) is 102 Å². The van der Waals surface area contributed by atoms with Crippen LogP contribution in [0.3, 0.4) is 0 Å². The fraction of sp³-hybridized carbons (Fsp3) is 0.0645. The minimum absolute atomic E-state index is 0.420. The van der Waals surface area contributed by atoms with Crippen molar-refractivity contribution in [3.05, 3.63) is 108 Å². The molecule has 0 spiro atoms. The van der Waals surface area contributed by atoms with E-state index >= 15 is 0 Å². The Bertz CT molecular complexity index is 1830. The molecule has 3 heteroatoms. The molecular weight excluding hydrogens is 479 g/mol. The van der Waals surface area contributed by atoms with Crippen LogP contribution in [0.4, 0.5) is 0 Å². The van der Waals surface area contributed by atoms with Crippen LogP contribution in [-0.4, -0.2) is 19.1 Å². The van der Waals surface area contributed by atoms with E-state index in [1.54, 1.807) is 0 Å². The van der Waals surface area contributed by atoms with E-state index in [0.29, 0.717) is 14.5 Å². The Balaban J connectivity index is 1.65. The Morgan fingerprint density at radius 3 is 2.09 bits per heavy atom. The van der Waals surface area contributed by atoms with Crippen molar-refractivity contribution >= 4 is 56.9 Å². The van der Waals surface area contributed by atoms with Crippen LogP contribution < -0.4 is 4.57 Å². The van der Waals surface area contributed by atoms with Gasteiger partial charge in [-0.05, 0) is 0 Å². The average Bonchev–Trinajstić information content (AvgIpc) is 3.46. The number of aryl methyl sites for hydroxylation is 2. The average molecular weight is 502 g/mol. The van der Waals surface area contributed by atoms with Crippen molar-refractivity contribution in [3.8, 4) is 16.9 Å². The zero-order valence-electron chi connectivity index (χ0n) is 19.1. The molecule has 0 amide bonds. The topological polar surface area (TPSA) is 8.81 Å². The van der Waals surface area contributed by atoms with E-state index in [0.717, 1.165) is 0 Å². The molecule has 0 saturated carbocycles. The number of para-hydroxylation sites is 3. The summed E-state index contributed by atoms with van der Waals surface area (Å²) in [5, 5.41) is 5.22. The maximum absolute atomic E-state index is 2.45. The molecule has 0 radical (unpaired) electrons. The fourth-order valence-corrected chi connectivity index (χ4v) is 7.14. The first kappa shape index (κ1) is 19.8. The monoisotopic (exact) mass is 503 g/mol. The number of hydrogen-bond acceptors (Lipinski definition) is 0. The summed E-state index contributed by atoms with van der Waals surface area (Å²) >= 11 is 0.420. The van der Waals surface area contributed by atoms with Gasteiger partial charge in [-0.15, -0.1) is 0 Å². The number of rotatable bonds is 2. The first-order valence-electron chi connectivity index (χ1n) is 11.6. The molecule has 0 bridgehead atoms. The van der Waals surface area contributed by atoms with Gasteiger partial charge in [-0.3, -0.25) is 0 Å². The molecule has 7 rings (SSSR count). The van der Waals surface area contributed by atoms with Gasteiger partial charge in [0.1, 0.15) is 0 Å². The molecule has 162 valence electrons. The molecule has 7 aromatic rings. The minimum atomic E-state index is 0.420. The number of benzene rings is 4. The summed E-state index contributed by atoms with van der Waals surface area (Å²) in [7, 11) is 2.20. The zero-order valence-corrected chi connectivity index (χ0v) is 20.8. The van der Waals surface area contributed by atoms with E-state index in [1.807, 2.05) is 0 Å². The Hall–Kier alpha value is -3.65. The number of pyridine rings is 1. The van der Waals surface area contributed by atoms with Gasteiger partial charge in [-0.1, -0.05) is 0 Å². The van der Waals surface area contributed by atoms with Crippen molar-refractivity contribution in [2.45, 2.75) is 6.92 Å². The molecule has 0 aliphatic rings. The molecule has 0 aliphatic heterocycles. The third kappa shape index (κ3) is 2.78. The third-order valence-corrected chi connectivity index (χ3v) is 8.92. The van der Waals surface area contributed by atoms with Gasteiger partial charge in [0.15, 0.2) is 0 Å². The van der Waals surface area contributed by atoms with Gasteiger partial charge in [0.05, 0.1) is 0 Å². The van der Waals surface area contributed by atoms with Crippen molar-refractivity contribution in [1.82, 2.24) is 4.57 Å². The Morgan fingerprint density at radius 2 is 1.35 bits per heavy atom. The van der Waals surface area contributed by atoms with Gasteiger partial charge in [0, 0.05) is 0 Å². The van der Waals surface area contributed by atoms with E-state index in [4.69, 9.17) is 0 Å². The van der Waals surface area contributed by atoms with Crippen molar-refractivity contribution in [1.29, 1.82) is 0 Å². The Morgan fingerprint density at radius 1 is 0.706 bits per heavy atom. The Labute approximate surface area is 204 Å². The van der Waals surface area contributed by atoms with E-state index in [-0.39, 0.29) is 0 Å². The SMILES string of the molecule is Cc1cc2cc[se]c2cc1-c1cc(-n2c3ccccc3c3ccccc32)c2ccccc2[n+]1C. The number of fused-ring (bicyclic) bond motifs is 5. The summed E-state index contributed by atoms with van der Waals surface area (Å²) in [6.07, 6.45) is 0. The summed E-state index contributed by atoms with van der Waals surface area (Å²) in [5.41, 5.74) is 8.84. The molecule has 0 saturated heterocycles. The van der Waals surface area contributed by atoms with Gasteiger partial charge >= 0.3 is 204 Å². The normalized spacial score (nSPS) is 11.8. The molecule has 0 aliphatic carbocycles. The van der Waals surface area contributed by atoms with Crippen LogP contribution >= 0.6 is 0 Å². The number of aromatic nitrogens is 2. The fourth-order valence-electron chi connectivity index (χ4n) is 5.44. The molecule has 4 aromatic carbocycles. The second-order valence-corrected chi connectivity index (χ2v) is 11.0. The molecule has 0 unspecified atom stereocenters. The zero-order chi connectivity index (χ0) is 22.8. The molecule has 0 atom stereocenters. The van der Waals surface area contributed by atoms with Crippen LogP contribution in [-0.2, 0) is 7.05 Å². The quantitative estimate of drug-likeness (QED) is 0.179. The van der Waals surface area contributed by atoms with Gasteiger partial charge in [-0.2, -0.15) is 0 Å². The molecule has 34 heavy (non-hydrogen) atoms. The van der Waals surface area contributed by atoms with Crippen molar-refractivity contribution in [2.75, 3.05) is 0 Å². The Kier molecular flexibility index (Phi) is 4.32. The van der Waals surface area contributed by atoms with Gasteiger partial charge < -0.3 is 0 Å². The molecule has 0 N–H and O–H groups in total. The molecule has 3 aromatic heterocycles. The van der Waals surface area contributed by atoms with Crippen LogP contribution in [0.1, 0.15) is 5.56 Å². The summed E-state index contributed by atoms with van der Waals surface area (Å²) in [5.74, 6) is 0. The van der Waals surface area contributed by atoms with Crippen LogP contribution in [0, 0.1) is 6.92 Å². The van der Waals surface area contributed by atoms with Crippen LogP contribution in [0.2, 0.25) is 0 Å². The van der Waals surface area contributed by atoms with E-state index < -0.39 is 0 Å². The van der Waals surface area contributed by atoms with Gasteiger partial charge in [0.2, 0.25) is 0 Å². The summed E-state index contributed by atoms with van der Waals surface area (Å²) < 4.78 is 6.28. The summed E-state index contributed by atoms with van der Waals surface area (Å²) in [6, 6.07) is 35.7. The molecule has 0 fully saturated rings. The summed E-state index contributed by atoms with van der Waals surface area (Å²) in [6.45, 7) is 2.24. The standard InChI is InChI=1S/C31H23N2Se/c1-20-17-21-15-16-34-31(21)18-25(20)29-19-30(24-11-5-6-12-26(24)32(29)2)33-27-13-7-3-9-22(27)23-10-4-8-14-28(23)33/h3-19H,1-2H3/q+1. The van der Waals surface area contributed by atoms with E-state index in [1.165, 1.54) is 64.9 Å². The molecule has 3 heterocycles. The second kappa shape index (κ2) is 7.43. The van der Waals surface area contributed by atoms with E-state index in [9.17, 15) is 0 Å². The van der Waals surface area contributed by atoms with Crippen molar-refractivity contribution in [2.24, 2.45) is 7.05 Å². The predicted octanol–water partition coefficient (Wildman–Crippen LogP) is 6.95. The first-order valence-corrected chi connectivity index (χ1v) is 13.4. The summed E-state index contributed by atoms with van der Waals surface area (Å²) in [4.78, 5) is 2.32. The second-order valence-electron chi connectivity index (χ2n) is 8.99. The van der Waals surface area contributed by atoms with Gasteiger partial charge in [-0.25, -0.2) is 0 Å². The van der Waals surface area contributed by atoms with Crippen molar-refractivity contribution in [3.63, 3.8) is 0 Å². The van der Waals surface area contributed by atoms with Crippen LogP contribution in [0.25, 0.3) is 59.3 Å². The van der Waals surface area contributed by atoms with Gasteiger partial charge in [0.25, 0.3) is 0 Å². The van der Waals surface area contributed by atoms with Crippen molar-refractivity contribution < 1.29 is 4.57 Å². The third-order valence-electron chi connectivity index (χ3n) is 7.07.